The van der Waals surface area contributed by atoms with Crippen molar-refractivity contribution >= 4 is 33.7 Å². The van der Waals surface area contributed by atoms with E-state index in [1.807, 2.05) is 6.07 Å². The zero-order chi connectivity index (χ0) is 21.7. The first-order chi connectivity index (χ1) is 14.4. The fraction of sp³-hybridized carbons (Fsp3) is 0.238. The highest BCUT2D eigenvalue weighted by molar-refractivity contribution is 9.10. The highest BCUT2D eigenvalue weighted by Crippen LogP contribution is 2.33. The molecule has 0 aliphatic carbocycles. The molecular weight excluding hydrogens is 455 g/mol. The zero-order valence-corrected chi connectivity index (χ0v) is 17.8. The second-order valence-electron chi connectivity index (χ2n) is 6.74. The molecule has 0 saturated heterocycles. The summed E-state index contributed by atoms with van der Waals surface area (Å²) in [6.45, 7) is 0.0412. The molecule has 1 unspecified atom stereocenters. The first-order valence-corrected chi connectivity index (χ1v) is 9.99. The van der Waals surface area contributed by atoms with Crippen LogP contribution in [0.5, 0.6) is 5.75 Å². The summed E-state index contributed by atoms with van der Waals surface area (Å²) in [4.78, 5) is 18.3. The van der Waals surface area contributed by atoms with Gasteiger partial charge in [0.25, 0.3) is 0 Å². The molecule has 1 aliphatic heterocycles. The number of aliphatic hydroxyl groups excluding tert-OH is 1. The van der Waals surface area contributed by atoms with Gasteiger partial charge in [0.2, 0.25) is 12.3 Å². The molecule has 158 valence electrons. The van der Waals surface area contributed by atoms with Crippen LogP contribution in [0.2, 0.25) is 0 Å². The molecule has 30 heavy (non-hydrogen) atoms. The monoisotopic (exact) mass is 476 g/mol. The number of nitrogens with one attached hydrogen (secondary N) is 1. The number of carbonyl (C=O) groups is 1. The number of likely N-dealkylation sites (N-methyl/N-ethyl adjacent to an activating group) is 1. The molecule has 0 aromatic heterocycles. The molecule has 3 rings (SSSR count). The van der Waals surface area contributed by atoms with Gasteiger partial charge in [-0.3, -0.25) is 10.1 Å². The molecule has 0 bridgehead atoms. The molecule has 1 amide bonds. The van der Waals surface area contributed by atoms with Crippen LogP contribution in [0.4, 0.5) is 10.1 Å². The van der Waals surface area contributed by atoms with E-state index in [1.54, 1.807) is 31.3 Å². The molecule has 1 aliphatic rings. The van der Waals surface area contributed by atoms with E-state index >= 15 is 0 Å². The Morgan fingerprint density at radius 2 is 2.17 bits per heavy atom. The van der Waals surface area contributed by atoms with Crippen LogP contribution in [0, 0.1) is 5.82 Å². The van der Waals surface area contributed by atoms with E-state index in [4.69, 9.17) is 10.5 Å². The number of carbonyl (C=O) groups excluding carboxylic acids is 1. The van der Waals surface area contributed by atoms with Gasteiger partial charge in [-0.15, -0.1) is 0 Å². The number of anilines is 1. The second kappa shape index (κ2) is 9.84. The molecular formula is C21H22BrFN4O3. The number of rotatable bonds is 6. The van der Waals surface area contributed by atoms with Crippen molar-refractivity contribution in [1.82, 2.24) is 5.32 Å². The fourth-order valence-corrected chi connectivity index (χ4v) is 3.31. The van der Waals surface area contributed by atoms with Crippen molar-refractivity contribution in [3.63, 3.8) is 0 Å². The van der Waals surface area contributed by atoms with Crippen molar-refractivity contribution in [1.29, 1.82) is 0 Å². The number of hydrogen-bond donors (Lipinski definition) is 3. The molecule has 9 heteroatoms. The maximum absolute atomic E-state index is 13.0. The van der Waals surface area contributed by atoms with E-state index in [9.17, 15) is 14.3 Å². The lowest BCUT2D eigenvalue weighted by Crippen LogP contribution is -2.50. The van der Waals surface area contributed by atoms with Crippen LogP contribution in [-0.4, -0.2) is 43.3 Å². The Hall–Kier alpha value is -2.75. The third-order valence-electron chi connectivity index (χ3n) is 4.58. The number of fused-ring (bicyclic) bond motifs is 1. The molecule has 7 nitrogen and oxygen atoms in total. The number of hydrogen-bond acceptors (Lipinski definition) is 6. The van der Waals surface area contributed by atoms with Gasteiger partial charge in [-0.2, -0.15) is 0 Å². The Morgan fingerprint density at radius 3 is 2.87 bits per heavy atom. The minimum Gasteiger partial charge on any atom is -0.489 e. The third kappa shape index (κ3) is 5.44. The van der Waals surface area contributed by atoms with Crippen LogP contribution in [0.25, 0.3) is 0 Å². The number of halogens is 2. The average molecular weight is 477 g/mol. The van der Waals surface area contributed by atoms with Gasteiger partial charge in [0.1, 0.15) is 24.2 Å². The van der Waals surface area contributed by atoms with Crippen LogP contribution in [0.1, 0.15) is 5.56 Å². The van der Waals surface area contributed by atoms with Gasteiger partial charge in [-0.1, -0.05) is 28.1 Å². The van der Waals surface area contributed by atoms with Crippen molar-refractivity contribution < 1.29 is 19.0 Å². The first kappa shape index (κ1) is 21.9. The van der Waals surface area contributed by atoms with Gasteiger partial charge < -0.3 is 20.5 Å². The number of ether oxygens (including phenoxy) is 1. The molecule has 0 saturated carbocycles. The highest BCUT2D eigenvalue weighted by Gasteiger charge is 2.30. The van der Waals surface area contributed by atoms with E-state index in [0.717, 1.165) is 10.0 Å². The van der Waals surface area contributed by atoms with Gasteiger partial charge >= 0.3 is 0 Å². The van der Waals surface area contributed by atoms with Gasteiger partial charge in [-0.05, 0) is 47.7 Å². The van der Waals surface area contributed by atoms with Crippen LogP contribution in [0.15, 0.2) is 63.7 Å². The van der Waals surface area contributed by atoms with Gasteiger partial charge in [0.05, 0.1) is 5.69 Å². The zero-order valence-electron chi connectivity index (χ0n) is 16.3. The van der Waals surface area contributed by atoms with Gasteiger partial charge in [0, 0.05) is 24.2 Å². The van der Waals surface area contributed by atoms with E-state index < -0.39 is 12.4 Å². The van der Waals surface area contributed by atoms with E-state index in [1.165, 1.54) is 29.4 Å². The van der Waals surface area contributed by atoms with Crippen molar-refractivity contribution in [3.05, 3.63) is 70.1 Å². The normalized spacial score (nSPS) is 18.1. The Labute approximate surface area is 182 Å². The molecule has 0 spiro atoms. The molecule has 0 fully saturated rings. The minimum atomic E-state index is -1.34. The summed E-state index contributed by atoms with van der Waals surface area (Å²) in [7, 11) is 1.64. The maximum atomic E-state index is 13.0. The minimum absolute atomic E-state index is 0.0412. The highest BCUT2D eigenvalue weighted by atomic mass is 79.9. The standard InChI is InChI=1S/C21H22BrFN4O3/c1-27-18-9-15(22)4-7-19(18)30-12-17(20(27)28)26-21(29)25-11-14(10-24)8-13-2-5-16(23)6-3-13/h2-7,9-11,17,21,26,29H,8,12,24H2,1H3/b14-10-,25-11+/t17-,21?/m0/s1. The number of allylic oxidation sites excluding steroid dienone is 1. The van der Waals surface area contributed by atoms with Crippen molar-refractivity contribution in [2.75, 3.05) is 18.6 Å². The van der Waals surface area contributed by atoms with E-state index in [2.05, 4.69) is 26.2 Å². The van der Waals surface area contributed by atoms with Gasteiger partial charge in [0.15, 0.2) is 0 Å². The van der Waals surface area contributed by atoms with Crippen LogP contribution >= 0.6 is 15.9 Å². The fourth-order valence-electron chi connectivity index (χ4n) is 2.97. The van der Waals surface area contributed by atoms with E-state index in [-0.39, 0.29) is 18.3 Å². The van der Waals surface area contributed by atoms with Crippen LogP contribution < -0.4 is 20.7 Å². The predicted octanol–water partition coefficient (Wildman–Crippen LogP) is 2.33. The lowest BCUT2D eigenvalue weighted by molar-refractivity contribution is -0.121. The first-order valence-electron chi connectivity index (χ1n) is 9.20. The molecule has 2 aromatic carbocycles. The van der Waals surface area contributed by atoms with Crippen molar-refractivity contribution in [2.24, 2.45) is 10.7 Å². The Bertz CT molecular complexity index is 965. The number of nitrogens with zero attached hydrogens (tertiary/aromatic N) is 2. The van der Waals surface area contributed by atoms with Crippen LogP contribution in [0.3, 0.4) is 0 Å². The summed E-state index contributed by atoms with van der Waals surface area (Å²) in [5.41, 5.74) is 7.73. The number of aliphatic imine (C=N–C) groups is 1. The summed E-state index contributed by atoms with van der Waals surface area (Å²) >= 11 is 3.38. The average Bonchev–Trinajstić information content (AvgIpc) is 2.85. The maximum Gasteiger partial charge on any atom is 0.247 e. The summed E-state index contributed by atoms with van der Waals surface area (Å²) in [6.07, 6.45) is 1.86. The lowest BCUT2D eigenvalue weighted by Gasteiger charge is -2.21. The van der Waals surface area contributed by atoms with Gasteiger partial charge in [-0.25, -0.2) is 9.38 Å². The number of amides is 1. The lowest BCUT2D eigenvalue weighted by atomic mass is 10.1. The largest absolute Gasteiger partial charge is 0.489 e. The summed E-state index contributed by atoms with van der Waals surface area (Å²) < 4.78 is 19.6. The summed E-state index contributed by atoms with van der Waals surface area (Å²) in [6, 6.07) is 10.6. The quantitative estimate of drug-likeness (QED) is 0.438. The molecule has 2 aromatic rings. The Balaban J connectivity index is 1.63. The van der Waals surface area contributed by atoms with E-state index in [0.29, 0.717) is 23.4 Å². The third-order valence-corrected chi connectivity index (χ3v) is 5.08. The number of benzene rings is 2. The second-order valence-corrected chi connectivity index (χ2v) is 7.65. The Kier molecular flexibility index (Phi) is 7.20. The topological polar surface area (TPSA) is 100 Å². The van der Waals surface area contributed by atoms with Crippen molar-refractivity contribution in [3.8, 4) is 5.75 Å². The molecule has 4 N–H and O–H groups in total. The van der Waals surface area contributed by atoms with Crippen molar-refractivity contribution in [2.45, 2.75) is 18.8 Å². The smallest absolute Gasteiger partial charge is 0.247 e. The Morgan fingerprint density at radius 1 is 1.43 bits per heavy atom. The number of nitrogens with two attached hydrogens (primary N) is 1. The van der Waals surface area contributed by atoms with Crippen LogP contribution in [-0.2, 0) is 11.2 Å². The molecule has 0 radical (unpaired) electrons. The predicted molar refractivity (Wildman–Crippen MR) is 117 cm³/mol. The summed E-state index contributed by atoms with van der Waals surface area (Å²) in [5, 5.41) is 13.0. The molecule has 1 heterocycles. The molecule has 2 atom stereocenters. The SMILES string of the molecule is CN1C(=O)[C@@H](NC(O)/N=C/C(=C\N)Cc2ccc(F)cc2)COc2ccc(Br)cc21. The summed E-state index contributed by atoms with van der Waals surface area (Å²) in [5.74, 6) is -0.00827. The number of aliphatic hydroxyl groups is 1.